The molecule has 2 aliphatic rings. The number of urea groups is 1. The lowest BCUT2D eigenvalue weighted by atomic mass is 10.0. The van der Waals surface area contributed by atoms with Crippen LogP contribution in [0.5, 0.6) is 5.75 Å². The molecule has 27 heavy (non-hydrogen) atoms. The van der Waals surface area contributed by atoms with Gasteiger partial charge in [-0.2, -0.15) is 0 Å². The highest BCUT2D eigenvalue weighted by Gasteiger charge is 2.27. The fraction of sp³-hybridized carbons (Fsp3) is 0.450. The van der Waals surface area contributed by atoms with E-state index in [9.17, 15) is 14.4 Å². The summed E-state index contributed by atoms with van der Waals surface area (Å²) >= 11 is 0. The second-order valence-electron chi connectivity index (χ2n) is 6.97. The average Bonchev–Trinajstić information content (AvgIpc) is 2.86. The van der Waals surface area contributed by atoms with Gasteiger partial charge >= 0.3 is 11.7 Å². The fourth-order valence-electron chi connectivity index (χ4n) is 3.79. The number of imide groups is 1. The van der Waals surface area contributed by atoms with Crippen molar-refractivity contribution in [2.24, 2.45) is 0 Å². The minimum Gasteiger partial charge on any atom is -0.493 e. The summed E-state index contributed by atoms with van der Waals surface area (Å²) in [4.78, 5) is 36.5. The van der Waals surface area contributed by atoms with Crippen molar-refractivity contribution in [1.29, 1.82) is 0 Å². The third-order valence-corrected chi connectivity index (χ3v) is 5.18. The highest BCUT2D eigenvalue weighted by atomic mass is 16.5. The molecule has 1 aromatic carbocycles. The van der Waals surface area contributed by atoms with Crippen LogP contribution in [0.25, 0.3) is 11.0 Å². The summed E-state index contributed by atoms with van der Waals surface area (Å²) in [5, 5.41) is 3.47. The van der Waals surface area contributed by atoms with Crippen LogP contribution in [0.15, 0.2) is 27.4 Å². The Bertz CT molecular complexity index is 933. The third-order valence-electron chi connectivity index (χ3n) is 5.18. The Hall–Kier alpha value is -2.83. The lowest BCUT2D eigenvalue weighted by molar-refractivity contribution is -0.125. The van der Waals surface area contributed by atoms with Gasteiger partial charge < -0.3 is 14.5 Å². The zero-order valence-electron chi connectivity index (χ0n) is 15.1. The lowest BCUT2D eigenvalue weighted by Crippen LogP contribution is -2.32. The molecule has 1 aliphatic carbocycles. The maximum Gasteiger partial charge on any atom is 0.339 e. The van der Waals surface area contributed by atoms with E-state index in [2.05, 4.69) is 5.32 Å². The summed E-state index contributed by atoms with van der Waals surface area (Å²) < 4.78 is 11.3. The number of carbonyl (C=O) groups is 2. The van der Waals surface area contributed by atoms with E-state index in [0.717, 1.165) is 48.6 Å². The van der Waals surface area contributed by atoms with E-state index in [1.54, 1.807) is 6.07 Å². The Morgan fingerprint density at radius 2 is 1.89 bits per heavy atom. The largest absolute Gasteiger partial charge is 0.493 e. The maximum atomic E-state index is 12.3. The second-order valence-corrected chi connectivity index (χ2v) is 6.97. The molecule has 0 radical (unpaired) electrons. The molecule has 1 aromatic heterocycles. The van der Waals surface area contributed by atoms with Gasteiger partial charge in [0.1, 0.15) is 11.3 Å². The molecule has 0 bridgehead atoms. The first-order valence-corrected chi connectivity index (χ1v) is 9.43. The van der Waals surface area contributed by atoms with Gasteiger partial charge in [-0.25, -0.2) is 9.59 Å². The van der Waals surface area contributed by atoms with Gasteiger partial charge in [-0.3, -0.25) is 9.69 Å². The zero-order chi connectivity index (χ0) is 18.8. The molecule has 4 rings (SSSR count). The van der Waals surface area contributed by atoms with Crippen molar-refractivity contribution in [2.45, 2.75) is 38.5 Å². The lowest BCUT2D eigenvalue weighted by Gasteiger charge is -2.13. The molecule has 1 saturated heterocycles. The van der Waals surface area contributed by atoms with E-state index in [0.29, 0.717) is 30.9 Å². The molecule has 7 heteroatoms. The number of nitrogens with zero attached hydrogens (tertiary/aromatic N) is 1. The summed E-state index contributed by atoms with van der Waals surface area (Å²) in [6.45, 7) is 0.742. The number of hydrogen-bond acceptors (Lipinski definition) is 5. The Balaban J connectivity index is 1.45. The molecule has 0 atom stereocenters. The molecule has 0 saturated carbocycles. The van der Waals surface area contributed by atoms with Gasteiger partial charge in [-0.1, -0.05) is 6.42 Å². The van der Waals surface area contributed by atoms with Gasteiger partial charge in [0, 0.05) is 23.6 Å². The number of benzene rings is 1. The SMILES string of the molecule is O=C1CNC(=O)N1CCCOc1ccc2c3c(c(=O)oc2c1)CCCCC3. The summed E-state index contributed by atoms with van der Waals surface area (Å²) in [5.74, 6) is 0.393. The fourth-order valence-corrected chi connectivity index (χ4v) is 3.79. The molecule has 0 spiro atoms. The van der Waals surface area contributed by atoms with Crippen molar-refractivity contribution in [1.82, 2.24) is 10.2 Å². The smallest absolute Gasteiger partial charge is 0.339 e. The van der Waals surface area contributed by atoms with Crippen LogP contribution in [0.4, 0.5) is 4.79 Å². The molecule has 1 fully saturated rings. The van der Waals surface area contributed by atoms with E-state index in [1.165, 1.54) is 4.90 Å². The highest BCUT2D eigenvalue weighted by molar-refractivity contribution is 6.01. The summed E-state index contributed by atoms with van der Waals surface area (Å²) in [6.07, 6.45) is 5.48. The predicted molar refractivity (Wildman–Crippen MR) is 99.0 cm³/mol. The molecule has 2 aromatic rings. The topological polar surface area (TPSA) is 88.9 Å². The van der Waals surface area contributed by atoms with Crippen molar-refractivity contribution in [3.05, 3.63) is 39.7 Å². The van der Waals surface area contributed by atoms with Crippen molar-refractivity contribution in [3.8, 4) is 5.75 Å². The molecule has 7 nitrogen and oxygen atoms in total. The molecular formula is C20H22N2O5. The molecule has 3 amide bonds. The van der Waals surface area contributed by atoms with Gasteiger partial charge in [0.25, 0.3) is 0 Å². The Morgan fingerprint density at radius 3 is 2.67 bits per heavy atom. The number of nitrogens with one attached hydrogen (secondary N) is 1. The minimum absolute atomic E-state index is 0.0632. The van der Waals surface area contributed by atoms with E-state index in [1.807, 2.05) is 12.1 Å². The van der Waals surface area contributed by atoms with Crippen LogP contribution in [-0.2, 0) is 17.6 Å². The van der Waals surface area contributed by atoms with E-state index in [-0.39, 0.29) is 24.1 Å². The van der Waals surface area contributed by atoms with Crippen LogP contribution in [0.1, 0.15) is 36.8 Å². The summed E-state index contributed by atoms with van der Waals surface area (Å²) in [5.41, 5.74) is 2.24. The van der Waals surface area contributed by atoms with Gasteiger partial charge in [-0.05, 0) is 49.8 Å². The summed E-state index contributed by atoms with van der Waals surface area (Å²) in [7, 11) is 0. The second kappa shape index (κ2) is 7.42. The van der Waals surface area contributed by atoms with Crippen molar-refractivity contribution in [3.63, 3.8) is 0 Å². The number of fused-ring (bicyclic) bond motifs is 3. The quantitative estimate of drug-likeness (QED) is 0.378. The Morgan fingerprint density at radius 1 is 1.07 bits per heavy atom. The van der Waals surface area contributed by atoms with Gasteiger partial charge in [0.05, 0.1) is 13.2 Å². The molecule has 142 valence electrons. The molecule has 1 N–H and O–H groups in total. The maximum absolute atomic E-state index is 12.3. The van der Waals surface area contributed by atoms with Crippen LogP contribution in [-0.4, -0.2) is 36.5 Å². The first-order valence-electron chi connectivity index (χ1n) is 9.43. The number of hydrogen-bond donors (Lipinski definition) is 1. The molecule has 1 aliphatic heterocycles. The van der Waals surface area contributed by atoms with Crippen LogP contribution in [0.2, 0.25) is 0 Å². The summed E-state index contributed by atoms with van der Waals surface area (Å²) in [6, 6.07) is 5.22. The first kappa shape index (κ1) is 17.6. The highest BCUT2D eigenvalue weighted by Crippen LogP contribution is 2.28. The van der Waals surface area contributed by atoms with E-state index >= 15 is 0 Å². The number of carbonyl (C=O) groups excluding carboxylic acids is 2. The van der Waals surface area contributed by atoms with E-state index < -0.39 is 0 Å². The van der Waals surface area contributed by atoms with Crippen molar-refractivity contribution >= 4 is 22.9 Å². The van der Waals surface area contributed by atoms with Crippen molar-refractivity contribution in [2.75, 3.05) is 19.7 Å². The number of rotatable bonds is 5. The van der Waals surface area contributed by atoms with Crippen LogP contribution < -0.4 is 15.7 Å². The number of ether oxygens (including phenoxy) is 1. The molecule has 0 unspecified atom stereocenters. The average molecular weight is 370 g/mol. The van der Waals surface area contributed by atoms with Crippen molar-refractivity contribution < 1.29 is 18.7 Å². The standard InChI is InChI=1S/C20H22N2O5/c23-18-12-21-20(25)22(18)9-4-10-26-13-7-8-15-14-5-2-1-3-6-16(14)19(24)27-17(15)11-13/h7-8,11H,1-6,9-10,12H2,(H,21,25). The van der Waals surface area contributed by atoms with Crippen LogP contribution in [0, 0.1) is 0 Å². The van der Waals surface area contributed by atoms with Crippen LogP contribution in [0.3, 0.4) is 0 Å². The molecule has 2 heterocycles. The zero-order valence-corrected chi connectivity index (χ0v) is 15.1. The number of amides is 3. The van der Waals surface area contributed by atoms with Gasteiger partial charge in [0.15, 0.2) is 0 Å². The van der Waals surface area contributed by atoms with Crippen LogP contribution >= 0.6 is 0 Å². The minimum atomic E-state index is -0.354. The Kier molecular flexibility index (Phi) is 4.83. The predicted octanol–water partition coefficient (Wildman–Crippen LogP) is 2.38. The van der Waals surface area contributed by atoms with Gasteiger partial charge in [0.2, 0.25) is 5.91 Å². The molecular weight excluding hydrogens is 348 g/mol. The third kappa shape index (κ3) is 3.54. The van der Waals surface area contributed by atoms with Gasteiger partial charge in [-0.15, -0.1) is 0 Å². The Labute approximate surface area is 156 Å². The normalized spacial score (nSPS) is 17.0. The number of aryl methyl sites for hydroxylation is 1. The monoisotopic (exact) mass is 370 g/mol. The first-order chi connectivity index (χ1) is 13.1. The van der Waals surface area contributed by atoms with E-state index in [4.69, 9.17) is 9.15 Å².